The molecule has 0 fully saturated rings. The summed E-state index contributed by atoms with van der Waals surface area (Å²) in [4.78, 5) is 22.2. The SMILES string of the molecule is Cc1nc(COc2ccccc2C(=O)Nc2ncc(Cc3ccc(C)c(Cl)c3)s2)no1. The summed E-state index contributed by atoms with van der Waals surface area (Å²) in [5.41, 5.74) is 2.52. The molecule has 4 aromatic rings. The van der Waals surface area contributed by atoms with Gasteiger partial charge in [0.15, 0.2) is 11.7 Å². The fourth-order valence-electron chi connectivity index (χ4n) is 2.88. The molecule has 0 spiro atoms. The van der Waals surface area contributed by atoms with Gasteiger partial charge in [0.05, 0.1) is 5.56 Å². The zero-order chi connectivity index (χ0) is 21.8. The minimum Gasteiger partial charge on any atom is -0.485 e. The van der Waals surface area contributed by atoms with Gasteiger partial charge in [-0.05, 0) is 36.2 Å². The van der Waals surface area contributed by atoms with E-state index < -0.39 is 0 Å². The number of hydrogen-bond donors (Lipinski definition) is 1. The highest BCUT2D eigenvalue weighted by molar-refractivity contribution is 7.15. The second-order valence-electron chi connectivity index (χ2n) is 6.86. The van der Waals surface area contributed by atoms with E-state index in [0.29, 0.717) is 34.6 Å². The van der Waals surface area contributed by atoms with E-state index in [1.54, 1.807) is 37.4 Å². The second kappa shape index (κ2) is 9.28. The molecule has 2 heterocycles. The van der Waals surface area contributed by atoms with Crippen LogP contribution < -0.4 is 10.1 Å². The summed E-state index contributed by atoms with van der Waals surface area (Å²) in [5, 5.41) is 7.89. The van der Waals surface area contributed by atoms with Crippen LogP contribution in [0.3, 0.4) is 0 Å². The van der Waals surface area contributed by atoms with Gasteiger partial charge in [-0.3, -0.25) is 10.1 Å². The van der Waals surface area contributed by atoms with Gasteiger partial charge in [-0.2, -0.15) is 4.98 Å². The van der Waals surface area contributed by atoms with Crippen LogP contribution in [-0.2, 0) is 13.0 Å². The zero-order valence-electron chi connectivity index (χ0n) is 16.9. The predicted molar refractivity (Wildman–Crippen MR) is 119 cm³/mol. The first-order valence-corrected chi connectivity index (χ1v) is 10.7. The molecular formula is C22H19ClN4O3S. The van der Waals surface area contributed by atoms with Crippen molar-refractivity contribution in [2.75, 3.05) is 5.32 Å². The molecule has 0 saturated heterocycles. The van der Waals surface area contributed by atoms with Crippen LogP contribution >= 0.6 is 22.9 Å². The van der Waals surface area contributed by atoms with Crippen LogP contribution in [0.5, 0.6) is 5.75 Å². The van der Waals surface area contributed by atoms with Gasteiger partial charge in [0.2, 0.25) is 11.7 Å². The number of ether oxygens (including phenoxy) is 1. The van der Waals surface area contributed by atoms with E-state index in [1.165, 1.54) is 11.3 Å². The Bertz CT molecular complexity index is 1220. The van der Waals surface area contributed by atoms with Crippen LogP contribution in [0, 0.1) is 13.8 Å². The number of amides is 1. The molecule has 0 bridgehead atoms. The van der Waals surface area contributed by atoms with Crippen LogP contribution in [0.15, 0.2) is 53.2 Å². The second-order valence-corrected chi connectivity index (χ2v) is 8.38. The van der Waals surface area contributed by atoms with Crippen molar-refractivity contribution in [2.45, 2.75) is 26.9 Å². The Morgan fingerprint density at radius 2 is 2.06 bits per heavy atom. The highest BCUT2D eigenvalue weighted by Crippen LogP contribution is 2.26. The maximum absolute atomic E-state index is 12.8. The molecule has 1 N–H and O–H groups in total. The third kappa shape index (κ3) is 5.28. The molecule has 4 rings (SSSR count). The number of para-hydroxylation sites is 1. The Labute approximate surface area is 188 Å². The molecule has 9 heteroatoms. The maximum atomic E-state index is 12.8. The molecule has 0 radical (unpaired) electrons. The Hall–Kier alpha value is -3.23. The van der Waals surface area contributed by atoms with Gasteiger partial charge in [-0.1, -0.05) is 41.0 Å². The smallest absolute Gasteiger partial charge is 0.261 e. The van der Waals surface area contributed by atoms with Crippen LogP contribution in [0.25, 0.3) is 0 Å². The van der Waals surface area contributed by atoms with Gasteiger partial charge in [-0.15, -0.1) is 11.3 Å². The largest absolute Gasteiger partial charge is 0.485 e. The van der Waals surface area contributed by atoms with Crippen LogP contribution in [-0.4, -0.2) is 21.0 Å². The Morgan fingerprint density at radius 3 is 2.84 bits per heavy atom. The van der Waals surface area contributed by atoms with E-state index in [4.69, 9.17) is 20.9 Å². The number of nitrogens with one attached hydrogen (secondary N) is 1. The van der Waals surface area contributed by atoms with E-state index in [1.807, 2.05) is 25.1 Å². The molecule has 0 unspecified atom stereocenters. The van der Waals surface area contributed by atoms with Gasteiger partial charge in [-0.25, -0.2) is 4.98 Å². The summed E-state index contributed by atoms with van der Waals surface area (Å²) in [6.07, 6.45) is 2.45. The molecule has 2 aromatic heterocycles. The number of aryl methyl sites for hydroxylation is 2. The number of thiazole rings is 1. The standard InChI is InChI=1S/C22H19ClN4O3S/c1-13-7-8-15(10-18(13)23)9-16-11-24-22(31-16)26-21(28)17-5-3-4-6-19(17)29-12-20-25-14(2)30-27-20/h3-8,10-11H,9,12H2,1-2H3,(H,24,26,28). The van der Waals surface area contributed by atoms with Crippen molar-refractivity contribution in [2.24, 2.45) is 0 Å². The van der Waals surface area contributed by atoms with Crippen LogP contribution in [0.2, 0.25) is 5.02 Å². The molecule has 0 atom stereocenters. The summed E-state index contributed by atoms with van der Waals surface area (Å²) < 4.78 is 10.7. The minimum absolute atomic E-state index is 0.0993. The number of halogens is 1. The van der Waals surface area contributed by atoms with Crippen LogP contribution in [0.1, 0.15) is 38.1 Å². The predicted octanol–water partition coefficient (Wildman–Crippen LogP) is 5.22. The lowest BCUT2D eigenvalue weighted by Crippen LogP contribution is -2.13. The average molecular weight is 455 g/mol. The van der Waals surface area contributed by atoms with E-state index in [-0.39, 0.29) is 12.5 Å². The average Bonchev–Trinajstić information content (AvgIpc) is 3.38. The summed E-state index contributed by atoms with van der Waals surface area (Å²) in [7, 11) is 0. The quantitative estimate of drug-likeness (QED) is 0.411. The molecular weight excluding hydrogens is 436 g/mol. The molecule has 2 aromatic carbocycles. The lowest BCUT2D eigenvalue weighted by molar-refractivity contribution is 0.102. The van der Waals surface area contributed by atoms with Crippen molar-refractivity contribution in [1.82, 2.24) is 15.1 Å². The van der Waals surface area contributed by atoms with Crippen molar-refractivity contribution < 1.29 is 14.1 Å². The molecule has 31 heavy (non-hydrogen) atoms. The number of anilines is 1. The first-order valence-electron chi connectivity index (χ1n) is 9.50. The molecule has 0 aliphatic rings. The molecule has 0 saturated carbocycles. The Kier molecular flexibility index (Phi) is 6.29. The lowest BCUT2D eigenvalue weighted by Gasteiger charge is -2.09. The number of rotatable bonds is 7. The van der Waals surface area contributed by atoms with E-state index in [0.717, 1.165) is 21.0 Å². The number of benzene rings is 2. The van der Waals surface area contributed by atoms with Gasteiger partial charge < -0.3 is 9.26 Å². The third-order valence-electron chi connectivity index (χ3n) is 4.45. The van der Waals surface area contributed by atoms with Gasteiger partial charge in [0.25, 0.3) is 5.91 Å². The highest BCUT2D eigenvalue weighted by Gasteiger charge is 2.15. The fourth-order valence-corrected chi connectivity index (χ4v) is 3.93. The van der Waals surface area contributed by atoms with Crippen molar-refractivity contribution in [3.63, 3.8) is 0 Å². The topological polar surface area (TPSA) is 90.1 Å². The van der Waals surface area contributed by atoms with Gasteiger partial charge in [0, 0.05) is 29.4 Å². The minimum atomic E-state index is -0.306. The Morgan fingerprint density at radius 1 is 1.23 bits per heavy atom. The highest BCUT2D eigenvalue weighted by atomic mass is 35.5. The zero-order valence-corrected chi connectivity index (χ0v) is 18.5. The van der Waals surface area contributed by atoms with Gasteiger partial charge in [0.1, 0.15) is 5.75 Å². The number of nitrogens with zero attached hydrogens (tertiary/aromatic N) is 3. The molecule has 7 nitrogen and oxygen atoms in total. The van der Waals surface area contributed by atoms with E-state index in [9.17, 15) is 4.79 Å². The fraction of sp³-hybridized carbons (Fsp3) is 0.182. The number of carbonyl (C=O) groups excluding carboxylic acids is 1. The maximum Gasteiger partial charge on any atom is 0.261 e. The summed E-state index contributed by atoms with van der Waals surface area (Å²) >= 11 is 7.63. The first kappa shape index (κ1) is 21.0. The summed E-state index contributed by atoms with van der Waals surface area (Å²) in [5.74, 6) is 0.985. The molecule has 1 amide bonds. The number of hydrogen-bond acceptors (Lipinski definition) is 7. The first-order chi connectivity index (χ1) is 15.0. The van der Waals surface area contributed by atoms with Crippen molar-refractivity contribution >= 4 is 34.0 Å². The van der Waals surface area contributed by atoms with Gasteiger partial charge >= 0.3 is 0 Å². The number of carbonyl (C=O) groups is 1. The van der Waals surface area contributed by atoms with E-state index >= 15 is 0 Å². The van der Waals surface area contributed by atoms with Crippen molar-refractivity contribution in [3.05, 3.63) is 87.0 Å². The molecule has 0 aliphatic heterocycles. The normalized spacial score (nSPS) is 10.8. The van der Waals surface area contributed by atoms with Crippen molar-refractivity contribution in [3.8, 4) is 5.75 Å². The monoisotopic (exact) mass is 454 g/mol. The third-order valence-corrected chi connectivity index (χ3v) is 5.77. The molecule has 0 aliphatic carbocycles. The number of aromatic nitrogens is 3. The lowest BCUT2D eigenvalue weighted by atomic mass is 10.1. The van der Waals surface area contributed by atoms with E-state index in [2.05, 4.69) is 20.4 Å². The molecule has 158 valence electrons. The summed E-state index contributed by atoms with van der Waals surface area (Å²) in [6.45, 7) is 3.77. The van der Waals surface area contributed by atoms with Crippen molar-refractivity contribution in [1.29, 1.82) is 0 Å². The summed E-state index contributed by atoms with van der Waals surface area (Å²) in [6, 6.07) is 13.0. The Balaban J connectivity index is 1.42. The van der Waals surface area contributed by atoms with Crippen LogP contribution in [0.4, 0.5) is 5.13 Å².